The van der Waals surface area contributed by atoms with E-state index in [1.54, 1.807) is 25.3 Å². The van der Waals surface area contributed by atoms with Gasteiger partial charge in [0.25, 0.3) is 0 Å². The van der Waals surface area contributed by atoms with Crippen molar-refractivity contribution in [1.82, 2.24) is 0 Å². The van der Waals surface area contributed by atoms with Crippen LogP contribution in [0.5, 0.6) is 11.5 Å². The lowest BCUT2D eigenvalue weighted by Crippen LogP contribution is -2.10. The summed E-state index contributed by atoms with van der Waals surface area (Å²) in [5.41, 5.74) is 0.488. The monoisotopic (exact) mass is 294 g/mol. The number of hydrogen-bond acceptors (Lipinski definition) is 4. The Kier molecular flexibility index (Phi) is 7.65. The molecule has 0 atom stereocenters. The summed E-state index contributed by atoms with van der Waals surface area (Å²) >= 11 is 0. The predicted molar refractivity (Wildman–Crippen MR) is 83.2 cm³/mol. The zero-order chi connectivity index (χ0) is 15.7. The largest absolute Gasteiger partial charge is 0.493 e. The van der Waals surface area contributed by atoms with Crippen LogP contribution >= 0.6 is 0 Å². The first-order valence-corrected chi connectivity index (χ1v) is 7.60. The second-order valence-electron chi connectivity index (χ2n) is 5.23. The molecule has 0 aliphatic rings. The lowest BCUT2D eigenvalue weighted by Gasteiger charge is -2.14. The number of benzene rings is 1. The van der Waals surface area contributed by atoms with Crippen molar-refractivity contribution in [2.45, 2.75) is 52.6 Å². The van der Waals surface area contributed by atoms with E-state index in [0.717, 1.165) is 12.8 Å². The molecule has 0 saturated carbocycles. The molecule has 0 N–H and O–H groups in total. The summed E-state index contributed by atoms with van der Waals surface area (Å²) in [6.07, 6.45) is 4.35. The Morgan fingerprint density at radius 3 is 2.52 bits per heavy atom. The Morgan fingerprint density at radius 2 is 1.90 bits per heavy atom. The molecule has 0 aliphatic carbocycles. The molecule has 1 aromatic rings. The van der Waals surface area contributed by atoms with E-state index in [2.05, 4.69) is 6.92 Å². The van der Waals surface area contributed by atoms with Crippen LogP contribution in [0.15, 0.2) is 18.2 Å². The van der Waals surface area contributed by atoms with Gasteiger partial charge in [0.1, 0.15) is 0 Å². The Balaban J connectivity index is 2.63. The van der Waals surface area contributed by atoms with Crippen LogP contribution in [0.4, 0.5) is 0 Å². The highest BCUT2D eigenvalue weighted by atomic mass is 16.5. The summed E-state index contributed by atoms with van der Waals surface area (Å²) in [6.45, 7) is 6.47. The second-order valence-corrected chi connectivity index (χ2v) is 5.23. The molecule has 4 nitrogen and oxygen atoms in total. The van der Waals surface area contributed by atoms with E-state index in [4.69, 9.17) is 14.2 Å². The van der Waals surface area contributed by atoms with Gasteiger partial charge in [-0.2, -0.15) is 0 Å². The first-order chi connectivity index (χ1) is 10.1. The molecule has 0 saturated heterocycles. The minimum Gasteiger partial charge on any atom is -0.493 e. The van der Waals surface area contributed by atoms with Gasteiger partial charge in [0.2, 0.25) is 0 Å². The standard InChI is InChI=1S/C17H26O4/c1-5-6-7-8-11-20-17(18)14-9-10-15(19-4)16(12-14)21-13(2)3/h9-10,12-13H,5-8,11H2,1-4H3. The summed E-state index contributed by atoms with van der Waals surface area (Å²) in [4.78, 5) is 12.0. The fraction of sp³-hybridized carbons (Fsp3) is 0.588. The van der Waals surface area contributed by atoms with Crippen molar-refractivity contribution >= 4 is 5.97 Å². The van der Waals surface area contributed by atoms with E-state index in [1.165, 1.54) is 12.8 Å². The fourth-order valence-electron chi connectivity index (χ4n) is 1.93. The van der Waals surface area contributed by atoms with Crippen molar-refractivity contribution in [2.75, 3.05) is 13.7 Å². The Bertz CT molecular complexity index is 440. The molecule has 0 amide bonds. The van der Waals surface area contributed by atoms with Gasteiger partial charge in [-0.05, 0) is 38.5 Å². The van der Waals surface area contributed by atoms with Crippen molar-refractivity contribution in [3.05, 3.63) is 23.8 Å². The molecule has 0 fully saturated rings. The summed E-state index contributed by atoms with van der Waals surface area (Å²) in [6, 6.07) is 5.10. The van der Waals surface area contributed by atoms with E-state index in [0.29, 0.717) is 23.7 Å². The molecule has 0 radical (unpaired) electrons. The quantitative estimate of drug-likeness (QED) is 0.505. The zero-order valence-corrected chi connectivity index (χ0v) is 13.5. The van der Waals surface area contributed by atoms with Crippen molar-refractivity contribution in [3.8, 4) is 11.5 Å². The fourth-order valence-corrected chi connectivity index (χ4v) is 1.93. The van der Waals surface area contributed by atoms with E-state index in [1.807, 2.05) is 13.8 Å². The highest BCUT2D eigenvalue weighted by Crippen LogP contribution is 2.29. The molecule has 1 rings (SSSR count). The van der Waals surface area contributed by atoms with Crippen LogP contribution < -0.4 is 9.47 Å². The van der Waals surface area contributed by atoms with Gasteiger partial charge in [-0.3, -0.25) is 0 Å². The number of hydrogen-bond donors (Lipinski definition) is 0. The van der Waals surface area contributed by atoms with Gasteiger partial charge in [-0.1, -0.05) is 26.2 Å². The van der Waals surface area contributed by atoms with Crippen LogP contribution in [0.25, 0.3) is 0 Å². The van der Waals surface area contributed by atoms with Crippen molar-refractivity contribution in [2.24, 2.45) is 0 Å². The minimum atomic E-state index is -0.317. The molecule has 1 aromatic carbocycles. The third kappa shape index (κ3) is 6.06. The SMILES string of the molecule is CCCCCCOC(=O)c1ccc(OC)c(OC(C)C)c1. The lowest BCUT2D eigenvalue weighted by atomic mass is 10.2. The van der Waals surface area contributed by atoms with Crippen molar-refractivity contribution in [1.29, 1.82) is 0 Å². The maximum Gasteiger partial charge on any atom is 0.338 e. The first kappa shape index (κ1) is 17.3. The third-order valence-electron chi connectivity index (χ3n) is 2.99. The Morgan fingerprint density at radius 1 is 1.14 bits per heavy atom. The Hall–Kier alpha value is -1.71. The molecule has 0 aromatic heterocycles. The summed E-state index contributed by atoms with van der Waals surface area (Å²) in [5.74, 6) is 0.860. The highest BCUT2D eigenvalue weighted by Gasteiger charge is 2.13. The normalized spacial score (nSPS) is 10.5. The third-order valence-corrected chi connectivity index (χ3v) is 2.99. The maximum atomic E-state index is 12.0. The van der Waals surface area contributed by atoms with E-state index in [-0.39, 0.29) is 12.1 Å². The Labute approximate surface area is 127 Å². The van der Waals surface area contributed by atoms with Gasteiger partial charge in [0.05, 0.1) is 25.4 Å². The van der Waals surface area contributed by atoms with Crippen LogP contribution in [0, 0.1) is 0 Å². The number of esters is 1. The molecular weight excluding hydrogens is 268 g/mol. The topological polar surface area (TPSA) is 44.8 Å². The van der Waals surface area contributed by atoms with Gasteiger partial charge in [-0.15, -0.1) is 0 Å². The molecule has 0 unspecified atom stereocenters. The van der Waals surface area contributed by atoms with Crippen LogP contribution in [-0.4, -0.2) is 25.8 Å². The number of carbonyl (C=O) groups is 1. The number of rotatable bonds is 9. The highest BCUT2D eigenvalue weighted by molar-refractivity contribution is 5.90. The summed E-state index contributed by atoms with van der Waals surface area (Å²) in [5, 5.41) is 0. The maximum absolute atomic E-state index is 12.0. The minimum absolute atomic E-state index is 0.0132. The van der Waals surface area contributed by atoms with Gasteiger partial charge in [-0.25, -0.2) is 4.79 Å². The molecule has 0 heterocycles. The number of unbranched alkanes of at least 4 members (excludes halogenated alkanes) is 3. The van der Waals surface area contributed by atoms with Crippen molar-refractivity contribution in [3.63, 3.8) is 0 Å². The van der Waals surface area contributed by atoms with Gasteiger partial charge in [0.15, 0.2) is 11.5 Å². The molecular formula is C17H26O4. The van der Waals surface area contributed by atoms with Crippen LogP contribution in [-0.2, 0) is 4.74 Å². The molecule has 118 valence electrons. The average molecular weight is 294 g/mol. The molecule has 21 heavy (non-hydrogen) atoms. The van der Waals surface area contributed by atoms with Crippen LogP contribution in [0.2, 0.25) is 0 Å². The average Bonchev–Trinajstić information content (AvgIpc) is 2.46. The molecule has 0 bridgehead atoms. The summed E-state index contributed by atoms with van der Waals surface area (Å²) in [7, 11) is 1.58. The van der Waals surface area contributed by atoms with E-state index < -0.39 is 0 Å². The van der Waals surface area contributed by atoms with Gasteiger partial charge >= 0.3 is 5.97 Å². The van der Waals surface area contributed by atoms with Crippen LogP contribution in [0.3, 0.4) is 0 Å². The number of methoxy groups -OCH3 is 1. The van der Waals surface area contributed by atoms with Crippen LogP contribution in [0.1, 0.15) is 56.8 Å². The molecule has 4 heteroatoms. The number of ether oxygens (including phenoxy) is 3. The first-order valence-electron chi connectivity index (χ1n) is 7.60. The lowest BCUT2D eigenvalue weighted by molar-refractivity contribution is 0.0497. The van der Waals surface area contributed by atoms with E-state index >= 15 is 0 Å². The van der Waals surface area contributed by atoms with Gasteiger partial charge < -0.3 is 14.2 Å². The zero-order valence-electron chi connectivity index (χ0n) is 13.5. The predicted octanol–water partition coefficient (Wildman–Crippen LogP) is 4.22. The number of carbonyl (C=O) groups excluding carboxylic acids is 1. The molecule has 0 spiro atoms. The van der Waals surface area contributed by atoms with Crippen molar-refractivity contribution < 1.29 is 19.0 Å². The smallest absolute Gasteiger partial charge is 0.338 e. The van der Waals surface area contributed by atoms with Gasteiger partial charge in [0, 0.05) is 0 Å². The second kappa shape index (κ2) is 9.27. The van der Waals surface area contributed by atoms with E-state index in [9.17, 15) is 4.79 Å². The molecule has 0 aliphatic heterocycles. The summed E-state index contributed by atoms with van der Waals surface area (Å²) < 4.78 is 16.2.